The van der Waals surface area contributed by atoms with E-state index in [2.05, 4.69) is 4.98 Å². The Morgan fingerprint density at radius 3 is 2.82 bits per heavy atom. The molecule has 0 amide bonds. The SMILES string of the molecule is O=S1(=O)CCCC1c1cn2c(n1)CCCC2O. The van der Waals surface area contributed by atoms with Crippen LogP contribution in [0.15, 0.2) is 6.20 Å². The summed E-state index contributed by atoms with van der Waals surface area (Å²) in [7, 11) is -3.01. The zero-order valence-electron chi connectivity index (χ0n) is 9.54. The molecule has 1 aromatic heterocycles. The smallest absolute Gasteiger partial charge is 0.158 e. The molecular formula is C11H16N2O3S. The van der Waals surface area contributed by atoms with E-state index in [1.165, 1.54) is 0 Å². The van der Waals surface area contributed by atoms with Crippen LogP contribution in [-0.2, 0) is 16.3 Å². The van der Waals surface area contributed by atoms with Crippen molar-refractivity contribution in [3.8, 4) is 0 Å². The first-order chi connectivity index (χ1) is 8.08. The van der Waals surface area contributed by atoms with Crippen molar-refractivity contribution in [3.05, 3.63) is 17.7 Å². The van der Waals surface area contributed by atoms with Crippen LogP contribution in [0.5, 0.6) is 0 Å². The van der Waals surface area contributed by atoms with Gasteiger partial charge in [0, 0.05) is 12.6 Å². The Morgan fingerprint density at radius 2 is 2.18 bits per heavy atom. The van der Waals surface area contributed by atoms with Gasteiger partial charge in [-0.2, -0.15) is 0 Å². The quantitative estimate of drug-likeness (QED) is 0.812. The van der Waals surface area contributed by atoms with Crippen molar-refractivity contribution in [2.75, 3.05) is 5.75 Å². The molecule has 2 atom stereocenters. The van der Waals surface area contributed by atoms with Gasteiger partial charge in [-0.05, 0) is 25.7 Å². The minimum absolute atomic E-state index is 0.266. The summed E-state index contributed by atoms with van der Waals surface area (Å²) in [4.78, 5) is 4.40. The number of rotatable bonds is 1. The summed E-state index contributed by atoms with van der Waals surface area (Å²) in [5, 5.41) is 9.37. The van der Waals surface area contributed by atoms with E-state index in [1.807, 2.05) is 0 Å². The summed E-state index contributed by atoms with van der Waals surface area (Å²) in [6, 6.07) is 0. The molecule has 2 unspecified atom stereocenters. The van der Waals surface area contributed by atoms with Gasteiger partial charge < -0.3 is 9.67 Å². The van der Waals surface area contributed by atoms with Crippen molar-refractivity contribution in [3.63, 3.8) is 0 Å². The highest BCUT2D eigenvalue weighted by atomic mass is 32.2. The van der Waals surface area contributed by atoms with Gasteiger partial charge in [0.2, 0.25) is 0 Å². The average Bonchev–Trinajstić information content (AvgIpc) is 2.81. The van der Waals surface area contributed by atoms with E-state index < -0.39 is 21.3 Å². The molecule has 0 bridgehead atoms. The van der Waals surface area contributed by atoms with Crippen LogP contribution in [0.3, 0.4) is 0 Å². The molecule has 1 aromatic rings. The van der Waals surface area contributed by atoms with E-state index in [0.717, 1.165) is 31.5 Å². The molecule has 0 radical (unpaired) electrons. The summed E-state index contributed by atoms with van der Waals surface area (Å²) in [6.45, 7) is 0. The zero-order valence-corrected chi connectivity index (χ0v) is 10.4. The molecule has 1 fully saturated rings. The lowest BCUT2D eigenvalue weighted by Gasteiger charge is -2.19. The van der Waals surface area contributed by atoms with Crippen molar-refractivity contribution >= 4 is 9.84 Å². The Kier molecular flexibility index (Phi) is 2.52. The third kappa shape index (κ3) is 1.79. The Hall–Kier alpha value is -0.880. The summed E-state index contributed by atoms with van der Waals surface area (Å²) in [5.41, 5.74) is 0.624. The molecule has 94 valence electrons. The second kappa shape index (κ2) is 3.81. The molecule has 2 aliphatic rings. The van der Waals surface area contributed by atoms with Crippen LogP contribution in [0.4, 0.5) is 0 Å². The molecule has 0 aliphatic carbocycles. The number of fused-ring (bicyclic) bond motifs is 1. The minimum Gasteiger partial charge on any atom is -0.373 e. The summed E-state index contributed by atoms with van der Waals surface area (Å²) in [6.07, 6.45) is 5.03. The monoisotopic (exact) mass is 256 g/mol. The molecule has 6 heteroatoms. The predicted octanol–water partition coefficient (Wildman–Crippen LogP) is 0.960. The second-order valence-electron chi connectivity index (χ2n) is 4.86. The van der Waals surface area contributed by atoms with Gasteiger partial charge >= 0.3 is 0 Å². The molecule has 2 aliphatic heterocycles. The topological polar surface area (TPSA) is 72.2 Å². The van der Waals surface area contributed by atoms with Gasteiger partial charge in [0.05, 0.1) is 11.4 Å². The van der Waals surface area contributed by atoms with E-state index >= 15 is 0 Å². The molecule has 0 spiro atoms. The summed E-state index contributed by atoms with van der Waals surface area (Å²) < 4.78 is 25.4. The van der Waals surface area contributed by atoms with Crippen LogP contribution in [0, 0.1) is 0 Å². The van der Waals surface area contributed by atoms with Gasteiger partial charge in [-0.25, -0.2) is 13.4 Å². The first kappa shape index (κ1) is 11.2. The summed E-state index contributed by atoms with van der Waals surface area (Å²) >= 11 is 0. The van der Waals surface area contributed by atoms with Crippen molar-refractivity contribution in [1.29, 1.82) is 0 Å². The van der Waals surface area contributed by atoms with Crippen LogP contribution in [0.1, 0.15) is 48.7 Å². The third-order valence-electron chi connectivity index (χ3n) is 3.67. The minimum atomic E-state index is -3.01. The number of hydrogen-bond acceptors (Lipinski definition) is 4. The highest BCUT2D eigenvalue weighted by molar-refractivity contribution is 7.91. The molecule has 1 saturated heterocycles. The molecular weight excluding hydrogens is 240 g/mol. The number of aromatic nitrogens is 2. The average molecular weight is 256 g/mol. The molecule has 3 heterocycles. The lowest BCUT2D eigenvalue weighted by Crippen LogP contribution is -2.16. The maximum atomic E-state index is 11.8. The van der Waals surface area contributed by atoms with E-state index in [1.54, 1.807) is 10.8 Å². The molecule has 5 nitrogen and oxygen atoms in total. The maximum absolute atomic E-state index is 11.8. The van der Waals surface area contributed by atoms with Crippen molar-refractivity contribution in [2.45, 2.75) is 43.6 Å². The van der Waals surface area contributed by atoms with Gasteiger partial charge in [-0.3, -0.25) is 0 Å². The highest BCUT2D eigenvalue weighted by Gasteiger charge is 2.35. The van der Waals surface area contributed by atoms with Crippen LogP contribution in [-0.4, -0.2) is 28.8 Å². The standard InChI is InChI=1S/C11H16N2O3S/c14-11-5-1-4-10-12-8(7-13(10)11)9-3-2-6-17(9,15)16/h7,9,11,14H,1-6H2. The Bertz CT molecular complexity index is 535. The predicted molar refractivity (Wildman–Crippen MR) is 62.2 cm³/mol. The fourth-order valence-electron chi connectivity index (χ4n) is 2.76. The Morgan fingerprint density at radius 1 is 1.35 bits per heavy atom. The van der Waals surface area contributed by atoms with Gasteiger partial charge in [-0.1, -0.05) is 0 Å². The molecule has 0 saturated carbocycles. The highest BCUT2D eigenvalue weighted by Crippen LogP contribution is 2.35. The molecule has 17 heavy (non-hydrogen) atoms. The zero-order chi connectivity index (χ0) is 12.0. The number of aliphatic hydroxyl groups excluding tert-OH is 1. The normalized spacial score (nSPS) is 31.4. The number of imidazole rings is 1. The van der Waals surface area contributed by atoms with Crippen LogP contribution in [0.25, 0.3) is 0 Å². The largest absolute Gasteiger partial charge is 0.373 e. The van der Waals surface area contributed by atoms with Crippen LogP contribution < -0.4 is 0 Å². The van der Waals surface area contributed by atoms with Crippen LogP contribution in [0.2, 0.25) is 0 Å². The van der Waals surface area contributed by atoms with Crippen molar-refractivity contribution < 1.29 is 13.5 Å². The fraction of sp³-hybridized carbons (Fsp3) is 0.727. The first-order valence-electron chi connectivity index (χ1n) is 6.05. The van der Waals surface area contributed by atoms with Gasteiger partial charge in [0.15, 0.2) is 9.84 Å². The first-order valence-corrected chi connectivity index (χ1v) is 7.77. The number of hydrogen-bond donors (Lipinski definition) is 1. The lowest BCUT2D eigenvalue weighted by molar-refractivity contribution is 0.0780. The Balaban J connectivity index is 2.00. The van der Waals surface area contributed by atoms with E-state index in [0.29, 0.717) is 12.1 Å². The number of sulfone groups is 1. The van der Waals surface area contributed by atoms with E-state index in [9.17, 15) is 13.5 Å². The van der Waals surface area contributed by atoms with Gasteiger partial charge in [-0.15, -0.1) is 0 Å². The molecule has 3 rings (SSSR count). The van der Waals surface area contributed by atoms with E-state index in [4.69, 9.17) is 0 Å². The second-order valence-corrected chi connectivity index (χ2v) is 7.16. The van der Waals surface area contributed by atoms with Gasteiger partial charge in [0.25, 0.3) is 0 Å². The number of aryl methyl sites for hydroxylation is 1. The van der Waals surface area contributed by atoms with Crippen LogP contribution >= 0.6 is 0 Å². The Labute approximate surface area is 100 Å². The van der Waals surface area contributed by atoms with E-state index in [-0.39, 0.29) is 5.75 Å². The third-order valence-corrected chi connectivity index (χ3v) is 5.87. The van der Waals surface area contributed by atoms with Gasteiger partial charge in [0.1, 0.15) is 17.3 Å². The molecule has 0 aromatic carbocycles. The lowest BCUT2D eigenvalue weighted by atomic mass is 10.1. The number of aliphatic hydroxyl groups is 1. The van der Waals surface area contributed by atoms with Crippen molar-refractivity contribution in [2.24, 2.45) is 0 Å². The number of nitrogens with zero attached hydrogens (tertiary/aromatic N) is 2. The van der Waals surface area contributed by atoms with Crippen molar-refractivity contribution in [1.82, 2.24) is 9.55 Å². The molecule has 1 N–H and O–H groups in total. The summed E-state index contributed by atoms with van der Waals surface area (Å²) in [5.74, 6) is 1.09. The maximum Gasteiger partial charge on any atom is 0.158 e. The fourth-order valence-corrected chi connectivity index (χ4v) is 4.62.